The van der Waals surface area contributed by atoms with Gasteiger partial charge in [-0.3, -0.25) is 0 Å². The molecule has 0 saturated heterocycles. The number of allylic oxidation sites excluding steroid dienone is 3. The first-order valence-electron chi connectivity index (χ1n) is 6.13. The molecule has 0 bridgehead atoms. The zero-order valence-corrected chi connectivity index (χ0v) is 12.2. The molecule has 0 aromatic heterocycles. The number of nitrogens with zero attached hydrogens (tertiary/aromatic N) is 1. The number of esters is 1. The molecule has 0 atom stereocenters. The van der Waals surface area contributed by atoms with Crippen LogP contribution in [-0.2, 0) is 14.3 Å². The Labute approximate surface area is 119 Å². The zero-order valence-electron chi connectivity index (χ0n) is 12.2. The maximum Gasteiger partial charge on any atom is 0.332 e. The Kier molecular flexibility index (Phi) is 13.1. The molecule has 110 valence electrons. The summed E-state index contributed by atoms with van der Waals surface area (Å²) in [6.07, 6.45) is 6.57. The monoisotopic (exact) mass is 279 g/mol. The van der Waals surface area contributed by atoms with Gasteiger partial charge in [-0.15, -0.1) is 0 Å². The average Bonchev–Trinajstić information content (AvgIpc) is 2.41. The molecule has 0 radical (unpaired) electrons. The molecule has 0 aliphatic rings. The Morgan fingerprint density at radius 1 is 1.45 bits per heavy atom. The fourth-order valence-electron chi connectivity index (χ4n) is 1.01. The number of rotatable bonds is 6. The molecule has 0 rings (SSSR count). The van der Waals surface area contributed by atoms with Gasteiger partial charge in [0.1, 0.15) is 0 Å². The lowest BCUT2D eigenvalue weighted by atomic mass is 10.1. The van der Waals surface area contributed by atoms with Gasteiger partial charge in [-0.25, -0.2) is 9.59 Å². The highest BCUT2D eigenvalue weighted by Gasteiger charge is 2.04. The van der Waals surface area contributed by atoms with Crippen molar-refractivity contribution < 1.29 is 19.4 Å². The summed E-state index contributed by atoms with van der Waals surface area (Å²) in [5, 5.41) is 16.9. The topological polar surface area (TPSA) is 87.4 Å². The minimum Gasteiger partial charge on any atom is -0.478 e. The van der Waals surface area contributed by atoms with Gasteiger partial charge in [0.25, 0.3) is 0 Å². The third-order valence-electron chi connectivity index (χ3n) is 2.08. The lowest BCUT2D eigenvalue weighted by Crippen LogP contribution is -1.99. The van der Waals surface area contributed by atoms with E-state index in [1.54, 1.807) is 13.0 Å². The van der Waals surface area contributed by atoms with Crippen LogP contribution in [0.1, 0.15) is 33.1 Å². The van der Waals surface area contributed by atoms with Crippen molar-refractivity contribution in [2.75, 3.05) is 7.11 Å². The predicted octanol–water partition coefficient (Wildman–Crippen LogP) is 3.00. The van der Waals surface area contributed by atoms with E-state index >= 15 is 0 Å². The lowest BCUT2D eigenvalue weighted by molar-refractivity contribution is -0.136. The minimum absolute atomic E-state index is 0.347. The molecule has 0 heterocycles. The first-order chi connectivity index (χ1) is 9.40. The number of methoxy groups -OCH3 is 1. The molecule has 0 unspecified atom stereocenters. The van der Waals surface area contributed by atoms with Crippen LogP contribution >= 0.6 is 0 Å². The minimum atomic E-state index is -0.906. The summed E-state index contributed by atoms with van der Waals surface area (Å²) < 4.78 is 4.27. The second-order valence-corrected chi connectivity index (χ2v) is 3.86. The fourth-order valence-corrected chi connectivity index (χ4v) is 1.01. The maximum absolute atomic E-state index is 10.6. The first kappa shape index (κ1) is 20.0. The summed E-state index contributed by atoms with van der Waals surface area (Å²) in [4.78, 5) is 20.8. The van der Waals surface area contributed by atoms with Crippen LogP contribution in [0, 0.1) is 11.3 Å². The third-order valence-corrected chi connectivity index (χ3v) is 2.08. The van der Waals surface area contributed by atoms with Crippen molar-refractivity contribution in [3.8, 4) is 6.07 Å². The summed E-state index contributed by atoms with van der Waals surface area (Å²) in [7, 11) is 1.33. The highest BCUT2D eigenvalue weighted by Crippen LogP contribution is 2.07. The van der Waals surface area contributed by atoms with E-state index in [1.165, 1.54) is 25.3 Å². The Hall–Kier alpha value is -2.35. The Bertz CT molecular complexity index is 428. The molecule has 0 aromatic carbocycles. The summed E-state index contributed by atoms with van der Waals surface area (Å²) in [5.41, 5.74) is 0.788. The van der Waals surface area contributed by atoms with Crippen LogP contribution < -0.4 is 0 Å². The first-order valence-corrected chi connectivity index (χ1v) is 6.13. The van der Waals surface area contributed by atoms with Crippen LogP contribution in [0.3, 0.4) is 0 Å². The summed E-state index contributed by atoms with van der Waals surface area (Å²) >= 11 is 0. The Morgan fingerprint density at radius 2 is 2.05 bits per heavy atom. The van der Waals surface area contributed by atoms with E-state index in [0.29, 0.717) is 17.6 Å². The number of hydrogen-bond acceptors (Lipinski definition) is 4. The van der Waals surface area contributed by atoms with Gasteiger partial charge in [-0.2, -0.15) is 5.26 Å². The highest BCUT2D eigenvalue weighted by atomic mass is 16.5. The lowest BCUT2D eigenvalue weighted by Gasteiger charge is -1.97. The van der Waals surface area contributed by atoms with Crippen LogP contribution in [0.2, 0.25) is 0 Å². The number of carboxylic acids is 1. The number of ether oxygens (including phenoxy) is 1. The standard InChI is InChI=1S/C10H13NO2.C5H8O2/c1-2-3-6-9(10(12)13)7-4-5-8-11;1-4(2)5(6)7-3/h4-5,7H,2-3,6H2,1H3,(H,12,13);1H2,2-3H3. The zero-order chi connectivity index (χ0) is 16.0. The molecule has 1 N–H and O–H groups in total. The molecule has 0 aliphatic heterocycles. The largest absolute Gasteiger partial charge is 0.478 e. The van der Waals surface area contributed by atoms with Gasteiger partial charge in [0.05, 0.1) is 13.2 Å². The average molecular weight is 279 g/mol. The Morgan fingerprint density at radius 3 is 2.35 bits per heavy atom. The number of carboxylic acid groups (broad SMARTS) is 1. The summed E-state index contributed by atoms with van der Waals surface area (Å²) in [6, 6.07) is 1.80. The van der Waals surface area contributed by atoms with Gasteiger partial charge in [-0.05, 0) is 19.8 Å². The second kappa shape index (κ2) is 13.1. The molecule has 0 spiro atoms. The van der Waals surface area contributed by atoms with E-state index in [4.69, 9.17) is 10.4 Å². The molecule has 5 heteroatoms. The van der Waals surface area contributed by atoms with E-state index in [2.05, 4.69) is 11.3 Å². The van der Waals surface area contributed by atoms with E-state index in [-0.39, 0.29) is 5.97 Å². The number of nitriles is 1. The molecule has 0 aliphatic carbocycles. The highest BCUT2D eigenvalue weighted by molar-refractivity contribution is 5.87. The number of aliphatic carboxylic acids is 1. The predicted molar refractivity (Wildman–Crippen MR) is 76.8 cm³/mol. The van der Waals surface area contributed by atoms with Gasteiger partial charge in [0.15, 0.2) is 0 Å². The van der Waals surface area contributed by atoms with Gasteiger partial charge in [0.2, 0.25) is 0 Å². The number of unbranched alkanes of at least 4 members (excludes halogenated alkanes) is 1. The number of hydrogen-bond donors (Lipinski definition) is 1. The van der Waals surface area contributed by atoms with Crippen molar-refractivity contribution in [1.82, 2.24) is 0 Å². The summed E-state index contributed by atoms with van der Waals surface area (Å²) in [5.74, 6) is -1.25. The normalized spacial score (nSPS) is 10.2. The van der Waals surface area contributed by atoms with Gasteiger partial charge >= 0.3 is 11.9 Å². The maximum atomic E-state index is 10.6. The second-order valence-electron chi connectivity index (χ2n) is 3.86. The fraction of sp³-hybridized carbons (Fsp3) is 0.400. The van der Waals surface area contributed by atoms with Gasteiger partial charge in [0, 0.05) is 17.2 Å². The third kappa shape index (κ3) is 12.1. The van der Waals surface area contributed by atoms with Crippen LogP contribution in [0.4, 0.5) is 0 Å². The van der Waals surface area contributed by atoms with E-state index in [0.717, 1.165) is 12.8 Å². The van der Waals surface area contributed by atoms with Crippen molar-refractivity contribution in [1.29, 1.82) is 5.26 Å². The molecule has 0 aromatic rings. The molecule has 0 fully saturated rings. The molecule has 0 amide bonds. The number of carbonyl (C=O) groups excluding carboxylic acids is 1. The van der Waals surface area contributed by atoms with Crippen molar-refractivity contribution in [2.45, 2.75) is 33.1 Å². The molecular formula is C15H21NO4. The quantitative estimate of drug-likeness (QED) is 0.349. The van der Waals surface area contributed by atoms with Crippen LogP contribution in [0.15, 0.2) is 36.0 Å². The Balaban J connectivity index is 0. The van der Waals surface area contributed by atoms with Crippen LogP contribution in [-0.4, -0.2) is 24.2 Å². The van der Waals surface area contributed by atoms with Crippen molar-refractivity contribution in [2.24, 2.45) is 0 Å². The van der Waals surface area contributed by atoms with E-state index in [1.807, 2.05) is 6.92 Å². The van der Waals surface area contributed by atoms with Crippen LogP contribution in [0.5, 0.6) is 0 Å². The van der Waals surface area contributed by atoms with Crippen molar-refractivity contribution >= 4 is 11.9 Å². The van der Waals surface area contributed by atoms with Crippen molar-refractivity contribution in [3.63, 3.8) is 0 Å². The molecule has 20 heavy (non-hydrogen) atoms. The van der Waals surface area contributed by atoms with Crippen molar-refractivity contribution in [3.05, 3.63) is 36.0 Å². The smallest absolute Gasteiger partial charge is 0.332 e. The van der Waals surface area contributed by atoms with E-state index < -0.39 is 5.97 Å². The molecule has 5 nitrogen and oxygen atoms in total. The summed E-state index contributed by atoms with van der Waals surface area (Å²) in [6.45, 7) is 6.96. The van der Waals surface area contributed by atoms with E-state index in [9.17, 15) is 9.59 Å². The molecule has 0 saturated carbocycles. The van der Waals surface area contributed by atoms with Gasteiger partial charge in [-0.1, -0.05) is 32.1 Å². The number of carbonyl (C=O) groups is 2. The van der Waals surface area contributed by atoms with Gasteiger partial charge < -0.3 is 9.84 Å². The van der Waals surface area contributed by atoms with Crippen LogP contribution in [0.25, 0.3) is 0 Å². The SMILES string of the molecule is C=C(C)C(=O)OC.CCCCC(=CC=CC#N)C(=O)O. The molecular weight excluding hydrogens is 258 g/mol.